The fourth-order valence-electron chi connectivity index (χ4n) is 1.70. The first-order chi connectivity index (χ1) is 11.6. The van der Waals surface area contributed by atoms with E-state index in [0.29, 0.717) is 28.4 Å². The van der Waals surface area contributed by atoms with Crippen molar-refractivity contribution in [2.75, 3.05) is 5.75 Å². The molecule has 1 aromatic carbocycles. The van der Waals surface area contributed by atoms with Crippen LogP contribution < -0.4 is 0 Å². The Morgan fingerprint density at radius 2 is 1.83 bits per heavy atom. The molecule has 2 heterocycles. The van der Waals surface area contributed by atoms with Gasteiger partial charge >= 0.3 is 0 Å². The summed E-state index contributed by atoms with van der Waals surface area (Å²) in [4.78, 5) is 4.40. The van der Waals surface area contributed by atoms with Crippen molar-refractivity contribution in [2.24, 2.45) is 5.92 Å². The molecule has 0 radical (unpaired) electrons. The van der Waals surface area contributed by atoms with Crippen molar-refractivity contribution in [1.29, 1.82) is 0 Å². The molecule has 3 rings (SSSR count). The average Bonchev–Trinajstić information content (AvgIpc) is 3.21. The molecule has 0 aliphatic heterocycles. The first kappa shape index (κ1) is 17.7. The molecule has 2 aromatic heterocycles. The second kappa shape index (κ2) is 8.33. The van der Waals surface area contributed by atoms with Gasteiger partial charge < -0.3 is 4.52 Å². The third kappa shape index (κ3) is 4.95. The van der Waals surface area contributed by atoms with E-state index in [-0.39, 0.29) is 0 Å². The van der Waals surface area contributed by atoms with E-state index in [4.69, 9.17) is 16.1 Å². The number of hydrogen-bond acceptors (Lipinski definition) is 8. The Morgan fingerprint density at radius 3 is 2.54 bits per heavy atom. The summed E-state index contributed by atoms with van der Waals surface area (Å²) in [5.74, 6) is 3.39. The number of hydrogen-bond donors (Lipinski definition) is 0. The maximum atomic E-state index is 5.88. The lowest BCUT2D eigenvalue weighted by atomic mass is 10.2. The molecule has 5 nitrogen and oxygen atoms in total. The summed E-state index contributed by atoms with van der Waals surface area (Å²) in [6.07, 6.45) is 0. The largest absolute Gasteiger partial charge is 0.338 e. The number of thioether (sulfide) groups is 2. The third-order valence-electron chi connectivity index (χ3n) is 2.82. The second-order valence-corrected chi connectivity index (χ2v) is 9.25. The van der Waals surface area contributed by atoms with Crippen LogP contribution in [0.1, 0.15) is 19.7 Å². The van der Waals surface area contributed by atoms with Crippen LogP contribution in [0.25, 0.3) is 11.4 Å². The predicted molar refractivity (Wildman–Crippen MR) is 99.8 cm³/mol. The fraction of sp³-hybridized carbons (Fsp3) is 0.333. The van der Waals surface area contributed by atoms with Gasteiger partial charge in [-0.05, 0) is 30.2 Å². The van der Waals surface area contributed by atoms with Gasteiger partial charge in [-0.2, -0.15) is 4.98 Å². The van der Waals surface area contributed by atoms with Crippen LogP contribution in [0.15, 0.2) is 37.5 Å². The lowest BCUT2D eigenvalue weighted by molar-refractivity contribution is 0.391. The molecule has 0 spiro atoms. The molecule has 9 heteroatoms. The maximum absolute atomic E-state index is 5.88. The van der Waals surface area contributed by atoms with Gasteiger partial charge in [0, 0.05) is 16.3 Å². The Kier molecular flexibility index (Phi) is 6.15. The SMILES string of the molecule is CC(C)CSc1nnc(SCc2nc(-c3ccc(Cl)cc3)no2)s1. The van der Waals surface area contributed by atoms with Gasteiger partial charge in [-0.3, -0.25) is 0 Å². The van der Waals surface area contributed by atoms with E-state index in [0.717, 1.165) is 20.0 Å². The lowest BCUT2D eigenvalue weighted by Gasteiger charge is -1.98. The highest BCUT2D eigenvalue weighted by Gasteiger charge is 2.11. The average molecular weight is 399 g/mol. The van der Waals surface area contributed by atoms with Crippen molar-refractivity contribution in [3.05, 3.63) is 35.2 Å². The van der Waals surface area contributed by atoms with Crippen molar-refractivity contribution in [2.45, 2.75) is 28.3 Å². The van der Waals surface area contributed by atoms with Crippen LogP contribution in [0.2, 0.25) is 5.02 Å². The predicted octanol–water partition coefficient (Wildman–Crippen LogP) is 5.28. The van der Waals surface area contributed by atoms with E-state index in [1.165, 1.54) is 0 Å². The van der Waals surface area contributed by atoms with Crippen LogP contribution in [0, 0.1) is 5.92 Å². The summed E-state index contributed by atoms with van der Waals surface area (Å²) in [7, 11) is 0. The van der Waals surface area contributed by atoms with E-state index in [2.05, 4.69) is 34.2 Å². The van der Waals surface area contributed by atoms with Crippen molar-refractivity contribution in [3.63, 3.8) is 0 Å². The molecule has 0 aliphatic carbocycles. The molecular formula is C15H15ClN4OS3. The van der Waals surface area contributed by atoms with Gasteiger partial charge in [-0.1, -0.05) is 65.5 Å². The molecule has 0 aliphatic rings. The van der Waals surface area contributed by atoms with Gasteiger partial charge in [-0.25, -0.2) is 0 Å². The molecule has 0 amide bonds. The van der Waals surface area contributed by atoms with Crippen LogP contribution in [-0.4, -0.2) is 26.1 Å². The minimum atomic E-state index is 0.563. The molecule has 24 heavy (non-hydrogen) atoms. The van der Waals surface area contributed by atoms with Crippen molar-refractivity contribution in [1.82, 2.24) is 20.3 Å². The number of halogens is 1. The smallest absolute Gasteiger partial charge is 0.237 e. The Bertz CT molecular complexity index is 788. The van der Waals surface area contributed by atoms with Crippen molar-refractivity contribution in [3.8, 4) is 11.4 Å². The highest BCUT2D eigenvalue weighted by atomic mass is 35.5. The van der Waals surface area contributed by atoms with E-state index in [1.54, 1.807) is 47.0 Å². The molecule has 0 saturated heterocycles. The van der Waals surface area contributed by atoms with Gasteiger partial charge in [0.05, 0.1) is 5.75 Å². The molecule has 0 bridgehead atoms. The Hall–Kier alpha value is -1.09. The molecular weight excluding hydrogens is 384 g/mol. The Labute approximate surface area is 157 Å². The second-order valence-electron chi connectivity index (χ2n) is 5.35. The first-order valence-electron chi connectivity index (χ1n) is 7.28. The van der Waals surface area contributed by atoms with Crippen molar-refractivity contribution >= 4 is 46.5 Å². The van der Waals surface area contributed by atoms with Crippen LogP contribution in [0.4, 0.5) is 0 Å². The summed E-state index contributed by atoms with van der Waals surface area (Å²) >= 11 is 10.8. The van der Waals surface area contributed by atoms with Crippen LogP contribution in [0.3, 0.4) is 0 Å². The van der Waals surface area contributed by atoms with Crippen LogP contribution >= 0.6 is 46.5 Å². The fourth-order valence-corrected chi connectivity index (χ4v) is 4.67. The first-order valence-corrected chi connectivity index (χ1v) is 10.4. The molecule has 126 valence electrons. The normalized spacial score (nSPS) is 11.3. The van der Waals surface area contributed by atoms with Gasteiger partial charge in [0.15, 0.2) is 8.68 Å². The molecule has 3 aromatic rings. The third-order valence-corrected chi connectivity index (χ3v) is 6.67. The monoisotopic (exact) mass is 398 g/mol. The van der Waals surface area contributed by atoms with Gasteiger partial charge in [-0.15, -0.1) is 10.2 Å². The zero-order valence-corrected chi connectivity index (χ0v) is 16.3. The van der Waals surface area contributed by atoms with Gasteiger partial charge in [0.2, 0.25) is 11.7 Å². The Balaban J connectivity index is 1.56. The van der Waals surface area contributed by atoms with E-state index >= 15 is 0 Å². The zero-order chi connectivity index (χ0) is 16.9. The molecule has 0 fully saturated rings. The number of aromatic nitrogens is 4. The van der Waals surface area contributed by atoms with E-state index in [1.807, 2.05) is 12.1 Å². The molecule has 0 N–H and O–H groups in total. The van der Waals surface area contributed by atoms with E-state index in [9.17, 15) is 0 Å². The maximum Gasteiger partial charge on any atom is 0.237 e. The van der Waals surface area contributed by atoms with Gasteiger partial charge in [0.25, 0.3) is 0 Å². The summed E-state index contributed by atoms with van der Waals surface area (Å²) in [5, 5.41) is 13.1. The standard InChI is InChI=1S/C15H15ClN4OS3/c1-9(2)7-22-14-18-19-15(24-14)23-8-12-17-13(20-21-12)10-3-5-11(16)6-4-10/h3-6,9H,7-8H2,1-2H3. The van der Waals surface area contributed by atoms with Crippen molar-refractivity contribution < 1.29 is 4.52 Å². The van der Waals surface area contributed by atoms with E-state index < -0.39 is 0 Å². The zero-order valence-electron chi connectivity index (χ0n) is 13.1. The van der Waals surface area contributed by atoms with Crippen LogP contribution in [-0.2, 0) is 5.75 Å². The summed E-state index contributed by atoms with van der Waals surface area (Å²) in [6, 6.07) is 7.35. The minimum Gasteiger partial charge on any atom is -0.338 e. The number of benzene rings is 1. The molecule has 0 atom stereocenters. The minimum absolute atomic E-state index is 0.563. The highest BCUT2D eigenvalue weighted by molar-refractivity contribution is 8.02. The Morgan fingerprint density at radius 1 is 1.12 bits per heavy atom. The molecule has 0 saturated carbocycles. The number of rotatable bonds is 7. The lowest BCUT2D eigenvalue weighted by Crippen LogP contribution is -1.89. The quantitative estimate of drug-likeness (QED) is 0.501. The summed E-state index contributed by atoms with van der Waals surface area (Å²) in [5.41, 5.74) is 0.877. The summed E-state index contributed by atoms with van der Waals surface area (Å²) < 4.78 is 7.20. The molecule has 0 unspecified atom stereocenters. The number of nitrogens with zero attached hydrogens (tertiary/aromatic N) is 4. The van der Waals surface area contributed by atoms with Crippen LogP contribution in [0.5, 0.6) is 0 Å². The topological polar surface area (TPSA) is 64.7 Å². The highest BCUT2D eigenvalue weighted by Crippen LogP contribution is 2.31. The summed E-state index contributed by atoms with van der Waals surface area (Å²) in [6.45, 7) is 4.38. The van der Waals surface area contributed by atoms with Gasteiger partial charge in [0.1, 0.15) is 0 Å².